The molecule has 0 spiro atoms. The summed E-state index contributed by atoms with van der Waals surface area (Å²) in [5.41, 5.74) is -15.8. The zero-order valence-electron chi connectivity index (χ0n) is 16.2. The van der Waals surface area contributed by atoms with E-state index in [-0.39, 0.29) is 14.2 Å². The lowest BCUT2D eigenvalue weighted by Crippen LogP contribution is -2.76. The lowest BCUT2D eigenvalue weighted by atomic mass is 9.67. The average molecular weight is 436 g/mol. The molecule has 0 amide bonds. The fraction of sp³-hybridized carbons (Fsp3) is 1.00. The van der Waals surface area contributed by atoms with Crippen molar-refractivity contribution >= 4 is 0 Å². The van der Waals surface area contributed by atoms with Gasteiger partial charge < -0.3 is 9.47 Å². The summed E-state index contributed by atoms with van der Waals surface area (Å²) < 4.78 is 158. The number of hydrogen-bond donors (Lipinski definition) is 0. The second-order valence-corrected chi connectivity index (χ2v) is 8.09. The first-order chi connectivity index (χ1) is 12.1. The summed E-state index contributed by atoms with van der Waals surface area (Å²) in [6.07, 6.45) is 0. The van der Waals surface area contributed by atoms with Gasteiger partial charge in [-0.05, 0) is 0 Å². The highest BCUT2D eigenvalue weighted by molar-refractivity contribution is 5.38. The Bertz CT molecular complexity index is 609. The number of halogens is 10. The van der Waals surface area contributed by atoms with Crippen LogP contribution in [0.2, 0.25) is 0 Å². The second kappa shape index (κ2) is 6.12. The fourth-order valence-electron chi connectivity index (χ4n) is 3.45. The number of hydrogen-bond acceptors (Lipinski definition) is 2. The molecule has 1 saturated carbocycles. The maximum absolute atomic E-state index is 15.6. The molecule has 0 aromatic carbocycles. The van der Waals surface area contributed by atoms with Crippen LogP contribution in [0.3, 0.4) is 0 Å². The maximum atomic E-state index is 15.6. The van der Waals surface area contributed by atoms with Crippen molar-refractivity contribution in [2.24, 2.45) is 11.3 Å². The van der Waals surface area contributed by atoms with Gasteiger partial charge in [0.1, 0.15) is 0 Å². The van der Waals surface area contributed by atoms with Crippen molar-refractivity contribution < 1.29 is 53.4 Å². The lowest BCUT2D eigenvalue weighted by Gasteiger charge is -2.49. The summed E-state index contributed by atoms with van der Waals surface area (Å²) in [5.74, 6) is -31.6. The van der Waals surface area contributed by atoms with Crippen molar-refractivity contribution in [2.75, 3.05) is 14.2 Å². The molecule has 1 rings (SSSR count). The van der Waals surface area contributed by atoms with Gasteiger partial charge in [-0.1, -0.05) is 34.6 Å². The van der Waals surface area contributed by atoms with E-state index in [9.17, 15) is 35.1 Å². The van der Waals surface area contributed by atoms with Gasteiger partial charge in [0.2, 0.25) is 0 Å². The molecule has 12 heteroatoms. The van der Waals surface area contributed by atoms with Crippen LogP contribution in [0.15, 0.2) is 0 Å². The van der Waals surface area contributed by atoms with Gasteiger partial charge in [-0.3, -0.25) is 0 Å². The van der Waals surface area contributed by atoms with Gasteiger partial charge in [0, 0.05) is 25.6 Å². The minimum Gasteiger partial charge on any atom is -0.343 e. The van der Waals surface area contributed by atoms with Crippen molar-refractivity contribution in [3.05, 3.63) is 0 Å². The van der Waals surface area contributed by atoms with E-state index in [2.05, 4.69) is 9.47 Å². The summed E-state index contributed by atoms with van der Waals surface area (Å²) in [6.45, 7) is 2.03. The van der Waals surface area contributed by atoms with E-state index in [1.54, 1.807) is 0 Å². The molecule has 28 heavy (non-hydrogen) atoms. The van der Waals surface area contributed by atoms with Crippen molar-refractivity contribution in [3.8, 4) is 0 Å². The molecular weight excluding hydrogens is 414 g/mol. The summed E-state index contributed by atoms with van der Waals surface area (Å²) in [6, 6.07) is 0. The standard InChI is InChI=1S/C16H22F10O2/c1-8(2)10(17,18)11(19)12(20,13(21,22)9(3,4)5)15(25,26)16(27-6,28-7)14(11,23)24/h8H,1-7H3. The number of ether oxygens (including phenoxy) is 2. The molecule has 0 saturated heterocycles. The predicted octanol–water partition coefficient (Wildman–Crippen LogP) is 5.65. The SMILES string of the molecule is COC1(OC)C(F)(F)C(F)(C(F)(F)C(C)C)C(F)(C(F)(F)C(C)(C)C)C1(F)F. The molecule has 2 atom stereocenters. The van der Waals surface area contributed by atoms with Crippen LogP contribution in [0.25, 0.3) is 0 Å². The summed E-state index contributed by atoms with van der Waals surface area (Å²) >= 11 is 0. The Labute approximate surface area is 155 Å². The first-order valence-electron chi connectivity index (χ1n) is 8.06. The molecule has 1 aliphatic carbocycles. The van der Waals surface area contributed by atoms with Crippen LogP contribution in [0.1, 0.15) is 34.6 Å². The molecule has 0 aromatic rings. The molecule has 0 aliphatic heterocycles. The highest BCUT2D eigenvalue weighted by Crippen LogP contribution is 2.76. The first kappa shape index (κ1) is 25.3. The van der Waals surface area contributed by atoms with Gasteiger partial charge in [-0.2, -0.15) is 17.6 Å². The molecular formula is C16H22F10O2. The second-order valence-electron chi connectivity index (χ2n) is 8.09. The van der Waals surface area contributed by atoms with Crippen LogP contribution in [0, 0.1) is 11.3 Å². The minimum atomic E-state index is -6.42. The Kier molecular flexibility index (Phi) is 5.52. The topological polar surface area (TPSA) is 18.5 Å². The lowest BCUT2D eigenvalue weighted by molar-refractivity contribution is -0.394. The first-order valence-corrected chi connectivity index (χ1v) is 8.06. The van der Waals surface area contributed by atoms with E-state index in [4.69, 9.17) is 0 Å². The molecule has 0 radical (unpaired) electrons. The number of methoxy groups -OCH3 is 2. The normalized spacial score (nSPS) is 32.8. The van der Waals surface area contributed by atoms with Crippen LogP contribution in [-0.4, -0.2) is 55.0 Å². The van der Waals surface area contributed by atoms with E-state index >= 15 is 8.78 Å². The Morgan fingerprint density at radius 3 is 1.25 bits per heavy atom. The van der Waals surface area contributed by atoms with Crippen LogP contribution < -0.4 is 0 Å². The molecule has 168 valence electrons. The third-order valence-electron chi connectivity index (χ3n) is 5.30. The van der Waals surface area contributed by atoms with Gasteiger partial charge in [0.15, 0.2) is 0 Å². The highest BCUT2D eigenvalue weighted by Gasteiger charge is 3.07. The predicted molar refractivity (Wildman–Crippen MR) is 78.5 cm³/mol. The van der Waals surface area contributed by atoms with E-state index in [0.29, 0.717) is 34.6 Å². The fourth-order valence-corrected chi connectivity index (χ4v) is 3.45. The number of alkyl halides is 10. The molecule has 1 aliphatic rings. The van der Waals surface area contributed by atoms with Crippen molar-refractivity contribution in [3.63, 3.8) is 0 Å². The zero-order chi connectivity index (χ0) is 23.0. The van der Waals surface area contributed by atoms with Crippen molar-refractivity contribution in [1.82, 2.24) is 0 Å². The Morgan fingerprint density at radius 2 is 1.00 bits per heavy atom. The maximum Gasteiger partial charge on any atom is 0.350 e. The molecule has 0 N–H and O–H groups in total. The molecule has 2 unspecified atom stereocenters. The van der Waals surface area contributed by atoms with Gasteiger partial charge in [-0.25, -0.2) is 26.3 Å². The smallest absolute Gasteiger partial charge is 0.343 e. The zero-order valence-corrected chi connectivity index (χ0v) is 16.2. The molecule has 0 heterocycles. The Hall–Kier alpha value is -0.780. The largest absolute Gasteiger partial charge is 0.350 e. The molecule has 1 fully saturated rings. The molecule has 0 bridgehead atoms. The van der Waals surface area contributed by atoms with Crippen LogP contribution >= 0.6 is 0 Å². The van der Waals surface area contributed by atoms with Gasteiger partial charge >= 0.3 is 17.6 Å². The van der Waals surface area contributed by atoms with E-state index in [1.807, 2.05) is 0 Å². The Morgan fingerprint density at radius 1 is 0.679 bits per heavy atom. The monoisotopic (exact) mass is 436 g/mol. The third kappa shape index (κ3) is 2.14. The van der Waals surface area contributed by atoms with E-state index in [1.165, 1.54) is 0 Å². The number of rotatable bonds is 5. The average Bonchev–Trinajstić information content (AvgIpc) is 2.59. The van der Waals surface area contributed by atoms with Gasteiger partial charge in [0.05, 0.1) is 0 Å². The molecule has 2 nitrogen and oxygen atoms in total. The van der Waals surface area contributed by atoms with E-state index < -0.39 is 52.1 Å². The van der Waals surface area contributed by atoms with E-state index in [0.717, 1.165) is 0 Å². The third-order valence-corrected chi connectivity index (χ3v) is 5.30. The minimum absolute atomic E-state index is 0.0558. The van der Waals surface area contributed by atoms with Crippen molar-refractivity contribution in [2.45, 2.75) is 75.4 Å². The van der Waals surface area contributed by atoms with Crippen molar-refractivity contribution in [1.29, 1.82) is 0 Å². The quantitative estimate of drug-likeness (QED) is 0.410. The van der Waals surface area contributed by atoms with Gasteiger partial charge in [0.25, 0.3) is 23.2 Å². The Balaban J connectivity index is 4.32. The van der Waals surface area contributed by atoms with Gasteiger partial charge in [-0.15, -0.1) is 0 Å². The van der Waals surface area contributed by atoms with Crippen LogP contribution in [0.4, 0.5) is 43.9 Å². The van der Waals surface area contributed by atoms with Crippen LogP contribution in [0.5, 0.6) is 0 Å². The highest BCUT2D eigenvalue weighted by atomic mass is 19.3. The summed E-state index contributed by atoms with van der Waals surface area (Å²) in [5, 5.41) is 0. The molecule has 0 aromatic heterocycles. The summed E-state index contributed by atoms with van der Waals surface area (Å²) in [7, 11) is 0.112. The summed E-state index contributed by atoms with van der Waals surface area (Å²) in [4.78, 5) is 0. The van der Waals surface area contributed by atoms with Crippen LogP contribution in [-0.2, 0) is 9.47 Å².